The molecule has 1 aromatic heterocycles. The Morgan fingerprint density at radius 1 is 0.742 bits per heavy atom. The standard InChI is InChI=1S/C23H28FN5O2/c24-19-4-6-20(7-5-19)26-11-15-28(16-12-26)22(30)8-9-23(31)29-17-13-27(14-18-29)21-3-1-2-10-25-21/h1-7,10H,8-9,11-18H2. The molecule has 3 heterocycles. The number of amides is 2. The fourth-order valence-electron chi connectivity index (χ4n) is 4.12. The molecule has 0 spiro atoms. The highest BCUT2D eigenvalue weighted by molar-refractivity contribution is 5.84. The van der Waals surface area contributed by atoms with Gasteiger partial charge in [-0.3, -0.25) is 9.59 Å². The molecule has 8 heteroatoms. The monoisotopic (exact) mass is 425 g/mol. The van der Waals surface area contributed by atoms with Gasteiger partial charge in [0.1, 0.15) is 11.6 Å². The first-order valence-corrected chi connectivity index (χ1v) is 10.8. The summed E-state index contributed by atoms with van der Waals surface area (Å²) in [6, 6.07) is 12.3. The topological polar surface area (TPSA) is 60.0 Å². The Bertz CT molecular complexity index is 877. The molecule has 0 saturated carbocycles. The minimum Gasteiger partial charge on any atom is -0.368 e. The zero-order valence-electron chi connectivity index (χ0n) is 17.6. The predicted molar refractivity (Wildman–Crippen MR) is 117 cm³/mol. The number of benzene rings is 1. The molecule has 31 heavy (non-hydrogen) atoms. The van der Waals surface area contributed by atoms with E-state index in [4.69, 9.17) is 0 Å². The van der Waals surface area contributed by atoms with E-state index in [-0.39, 0.29) is 30.5 Å². The quantitative estimate of drug-likeness (QED) is 0.734. The number of hydrogen-bond donors (Lipinski definition) is 0. The summed E-state index contributed by atoms with van der Waals surface area (Å²) in [5.74, 6) is 0.753. The van der Waals surface area contributed by atoms with Crippen molar-refractivity contribution in [2.75, 3.05) is 62.2 Å². The van der Waals surface area contributed by atoms with Gasteiger partial charge in [0.15, 0.2) is 0 Å². The van der Waals surface area contributed by atoms with E-state index < -0.39 is 0 Å². The number of piperazine rings is 2. The van der Waals surface area contributed by atoms with Crippen molar-refractivity contribution in [2.45, 2.75) is 12.8 Å². The second-order valence-corrected chi connectivity index (χ2v) is 7.90. The van der Waals surface area contributed by atoms with Crippen LogP contribution in [-0.2, 0) is 9.59 Å². The first-order chi connectivity index (χ1) is 15.1. The number of aromatic nitrogens is 1. The lowest BCUT2D eigenvalue weighted by atomic mass is 10.2. The second-order valence-electron chi connectivity index (χ2n) is 7.90. The highest BCUT2D eigenvalue weighted by Gasteiger charge is 2.25. The zero-order valence-corrected chi connectivity index (χ0v) is 17.6. The molecule has 2 aliphatic heterocycles. The van der Waals surface area contributed by atoms with E-state index in [1.54, 1.807) is 18.3 Å². The normalized spacial score (nSPS) is 17.1. The van der Waals surface area contributed by atoms with E-state index in [2.05, 4.69) is 14.8 Å². The summed E-state index contributed by atoms with van der Waals surface area (Å²) < 4.78 is 13.1. The molecule has 1 aromatic carbocycles. The summed E-state index contributed by atoms with van der Waals surface area (Å²) >= 11 is 0. The van der Waals surface area contributed by atoms with Crippen LogP contribution in [0.3, 0.4) is 0 Å². The molecule has 0 bridgehead atoms. The molecule has 0 N–H and O–H groups in total. The van der Waals surface area contributed by atoms with Crippen molar-refractivity contribution in [2.24, 2.45) is 0 Å². The van der Waals surface area contributed by atoms with Gasteiger partial charge in [0.2, 0.25) is 11.8 Å². The number of rotatable bonds is 5. The van der Waals surface area contributed by atoms with Crippen LogP contribution in [0.5, 0.6) is 0 Å². The average Bonchev–Trinajstić information content (AvgIpc) is 2.83. The minimum atomic E-state index is -0.250. The Morgan fingerprint density at radius 3 is 1.81 bits per heavy atom. The van der Waals surface area contributed by atoms with Crippen molar-refractivity contribution in [3.8, 4) is 0 Å². The van der Waals surface area contributed by atoms with Crippen LogP contribution in [0.25, 0.3) is 0 Å². The van der Waals surface area contributed by atoms with E-state index in [9.17, 15) is 14.0 Å². The van der Waals surface area contributed by atoms with Gasteiger partial charge in [0, 0.05) is 77.1 Å². The fourth-order valence-corrected chi connectivity index (χ4v) is 4.12. The Balaban J connectivity index is 1.18. The van der Waals surface area contributed by atoms with Crippen molar-refractivity contribution in [1.82, 2.24) is 14.8 Å². The summed E-state index contributed by atoms with van der Waals surface area (Å²) in [7, 11) is 0. The van der Waals surface area contributed by atoms with E-state index in [0.29, 0.717) is 39.3 Å². The molecule has 0 atom stereocenters. The molecular weight excluding hydrogens is 397 g/mol. The van der Waals surface area contributed by atoms with Crippen molar-refractivity contribution < 1.29 is 14.0 Å². The summed E-state index contributed by atoms with van der Waals surface area (Å²) in [5, 5.41) is 0. The molecule has 2 saturated heterocycles. The smallest absolute Gasteiger partial charge is 0.223 e. The van der Waals surface area contributed by atoms with E-state index in [1.165, 1.54) is 12.1 Å². The van der Waals surface area contributed by atoms with Crippen molar-refractivity contribution in [3.63, 3.8) is 0 Å². The minimum absolute atomic E-state index is 0.0271. The van der Waals surface area contributed by atoms with Crippen LogP contribution in [-0.4, -0.2) is 79.0 Å². The van der Waals surface area contributed by atoms with Gasteiger partial charge in [-0.1, -0.05) is 6.07 Å². The number of nitrogens with zero attached hydrogens (tertiary/aromatic N) is 5. The number of carbonyl (C=O) groups excluding carboxylic acids is 2. The number of anilines is 2. The van der Waals surface area contributed by atoms with E-state index in [1.807, 2.05) is 28.0 Å². The lowest BCUT2D eigenvalue weighted by Crippen LogP contribution is -2.50. The third-order valence-corrected chi connectivity index (χ3v) is 5.98. The molecule has 2 aromatic rings. The molecular formula is C23H28FN5O2. The van der Waals surface area contributed by atoms with Crippen LogP contribution in [0.2, 0.25) is 0 Å². The summed E-state index contributed by atoms with van der Waals surface area (Å²) in [6.07, 6.45) is 2.27. The number of halogens is 1. The zero-order chi connectivity index (χ0) is 21.6. The SMILES string of the molecule is O=C(CCC(=O)N1CCN(c2ccccn2)CC1)N1CCN(c2ccc(F)cc2)CC1. The Morgan fingerprint density at radius 2 is 1.29 bits per heavy atom. The van der Waals surface area contributed by atoms with Crippen LogP contribution in [0.1, 0.15) is 12.8 Å². The molecule has 0 aliphatic carbocycles. The maximum atomic E-state index is 13.1. The predicted octanol–water partition coefficient (Wildman–Crippen LogP) is 2.00. The highest BCUT2D eigenvalue weighted by Crippen LogP contribution is 2.18. The van der Waals surface area contributed by atoms with Gasteiger partial charge < -0.3 is 19.6 Å². The molecule has 7 nitrogen and oxygen atoms in total. The second kappa shape index (κ2) is 9.76. The van der Waals surface area contributed by atoms with Crippen molar-refractivity contribution in [1.29, 1.82) is 0 Å². The van der Waals surface area contributed by atoms with Gasteiger partial charge in [-0.15, -0.1) is 0 Å². The van der Waals surface area contributed by atoms with Gasteiger partial charge in [0.05, 0.1) is 0 Å². The molecule has 2 amide bonds. The van der Waals surface area contributed by atoms with Crippen LogP contribution >= 0.6 is 0 Å². The van der Waals surface area contributed by atoms with Crippen molar-refractivity contribution in [3.05, 3.63) is 54.5 Å². The molecule has 2 fully saturated rings. The summed E-state index contributed by atoms with van der Waals surface area (Å²) in [6.45, 7) is 5.46. The van der Waals surface area contributed by atoms with Gasteiger partial charge in [-0.25, -0.2) is 9.37 Å². The number of hydrogen-bond acceptors (Lipinski definition) is 5. The molecule has 164 valence electrons. The van der Waals surface area contributed by atoms with Crippen molar-refractivity contribution >= 4 is 23.3 Å². The van der Waals surface area contributed by atoms with E-state index in [0.717, 1.165) is 24.6 Å². The third-order valence-electron chi connectivity index (χ3n) is 5.98. The first-order valence-electron chi connectivity index (χ1n) is 10.8. The van der Waals surface area contributed by atoms with Gasteiger partial charge >= 0.3 is 0 Å². The van der Waals surface area contributed by atoms with Gasteiger partial charge in [-0.05, 0) is 36.4 Å². The van der Waals surface area contributed by atoms with Crippen LogP contribution in [0, 0.1) is 5.82 Å². The largest absolute Gasteiger partial charge is 0.368 e. The van der Waals surface area contributed by atoms with E-state index >= 15 is 0 Å². The Labute approximate surface area is 182 Å². The average molecular weight is 426 g/mol. The molecule has 2 aliphatic rings. The van der Waals surface area contributed by atoms with Crippen LogP contribution < -0.4 is 9.80 Å². The van der Waals surface area contributed by atoms with Crippen LogP contribution in [0.15, 0.2) is 48.7 Å². The lowest BCUT2D eigenvalue weighted by molar-refractivity contribution is -0.137. The maximum Gasteiger partial charge on any atom is 0.223 e. The maximum absolute atomic E-state index is 13.1. The summed E-state index contributed by atoms with van der Waals surface area (Å²) in [5.41, 5.74) is 0.966. The fraction of sp³-hybridized carbons (Fsp3) is 0.435. The third kappa shape index (κ3) is 5.31. The molecule has 0 unspecified atom stereocenters. The number of pyridine rings is 1. The Hall–Kier alpha value is -3.16. The molecule has 0 radical (unpaired) electrons. The Kier molecular flexibility index (Phi) is 6.64. The van der Waals surface area contributed by atoms with Crippen LogP contribution in [0.4, 0.5) is 15.9 Å². The lowest BCUT2D eigenvalue weighted by Gasteiger charge is -2.37. The van der Waals surface area contributed by atoms with Gasteiger partial charge in [-0.2, -0.15) is 0 Å². The molecule has 4 rings (SSSR count). The first kappa shape index (κ1) is 21.1. The number of carbonyl (C=O) groups is 2. The van der Waals surface area contributed by atoms with Gasteiger partial charge in [0.25, 0.3) is 0 Å². The summed E-state index contributed by atoms with van der Waals surface area (Å²) in [4.78, 5) is 37.5. The highest BCUT2D eigenvalue weighted by atomic mass is 19.1.